The van der Waals surface area contributed by atoms with E-state index in [1.54, 1.807) is 15.9 Å². The lowest BCUT2D eigenvalue weighted by Gasteiger charge is -2.38. The number of hydrogen-bond donors (Lipinski definition) is 1. The number of ether oxygens (including phenoxy) is 1. The third-order valence-electron chi connectivity index (χ3n) is 5.45. The maximum Gasteiger partial charge on any atom is 0.254 e. The molecule has 2 unspecified atom stereocenters. The van der Waals surface area contributed by atoms with Gasteiger partial charge in [0.15, 0.2) is 0 Å². The van der Waals surface area contributed by atoms with Crippen molar-refractivity contribution in [2.24, 2.45) is 5.92 Å². The SMILES string of the molecule is CC(C)C(NC(=O)c1ccccc1F)C(=O)N1CCN(C(=O)C2CCCO2)CC1. The lowest BCUT2D eigenvalue weighted by atomic mass is 10.0. The van der Waals surface area contributed by atoms with Gasteiger partial charge in [0.05, 0.1) is 5.56 Å². The van der Waals surface area contributed by atoms with Crippen LogP contribution in [0.5, 0.6) is 0 Å². The molecule has 2 heterocycles. The number of amides is 3. The van der Waals surface area contributed by atoms with E-state index in [4.69, 9.17) is 4.74 Å². The zero-order chi connectivity index (χ0) is 21.0. The summed E-state index contributed by atoms with van der Waals surface area (Å²) >= 11 is 0. The molecule has 158 valence electrons. The Morgan fingerprint density at radius 2 is 1.76 bits per heavy atom. The first-order chi connectivity index (χ1) is 13.9. The normalized spacial score (nSPS) is 20.6. The molecule has 0 aromatic heterocycles. The smallest absolute Gasteiger partial charge is 0.254 e. The van der Waals surface area contributed by atoms with Gasteiger partial charge in [-0.3, -0.25) is 14.4 Å². The fraction of sp³-hybridized carbons (Fsp3) is 0.571. The molecule has 2 aliphatic rings. The lowest BCUT2D eigenvalue weighted by molar-refractivity contribution is -0.146. The number of nitrogens with one attached hydrogen (secondary N) is 1. The summed E-state index contributed by atoms with van der Waals surface area (Å²) in [7, 11) is 0. The summed E-state index contributed by atoms with van der Waals surface area (Å²) < 4.78 is 19.3. The van der Waals surface area contributed by atoms with E-state index >= 15 is 0 Å². The van der Waals surface area contributed by atoms with E-state index in [1.165, 1.54) is 18.2 Å². The minimum absolute atomic E-state index is 0.0112. The third-order valence-corrected chi connectivity index (χ3v) is 5.45. The fourth-order valence-corrected chi connectivity index (χ4v) is 3.70. The van der Waals surface area contributed by atoms with Crippen LogP contribution in [0.25, 0.3) is 0 Å². The number of carbonyl (C=O) groups excluding carboxylic acids is 3. The molecule has 2 saturated heterocycles. The van der Waals surface area contributed by atoms with Crippen molar-refractivity contribution >= 4 is 17.7 Å². The van der Waals surface area contributed by atoms with E-state index in [2.05, 4.69) is 5.32 Å². The van der Waals surface area contributed by atoms with Crippen LogP contribution < -0.4 is 5.32 Å². The Morgan fingerprint density at radius 1 is 1.10 bits per heavy atom. The van der Waals surface area contributed by atoms with E-state index in [0.29, 0.717) is 32.8 Å². The highest BCUT2D eigenvalue weighted by Gasteiger charge is 2.34. The third kappa shape index (κ3) is 4.93. The second-order valence-corrected chi connectivity index (χ2v) is 7.83. The van der Waals surface area contributed by atoms with Crippen molar-refractivity contribution in [2.45, 2.75) is 38.8 Å². The van der Waals surface area contributed by atoms with Crippen molar-refractivity contribution in [3.05, 3.63) is 35.6 Å². The minimum Gasteiger partial charge on any atom is -0.368 e. The van der Waals surface area contributed by atoms with Crippen molar-refractivity contribution in [1.82, 2.24) is 15.1 Å². The van der Waals surface area contributed by atoms with Gasteiger partial charge in [-0.1, -0.05) is 26.0 Å². The molecular formula is C21H28FN3O4. The van der Waals surface area contributed by atoms with Crippen LogP contribution in [0.4, 0.5) is 4.39 Å². The minimum atomic E-state index is -0.762. The van der Waals surface area contributed by atoms with Gasteiger partial charge in [0.1, 0.15) is 18.0 Å². The van der Waals surface area contributed by atoms with Gasteiger partial charge >= 0.3 is 0 Å². The first-order valence-corrected chi connectivity index (χ1v) is 10.1. The van der Waals surface area contributed by atoms with Crippen molar-refractivity contribution in [3.63, 3.8) is 0 Å². The summed E-state index contributed by atoms with van der Waals surface area (Å²) in [6.07, 6.45) is 1.28. The van der Waals surface area contributed by atoms with Crippen LogP contribution in [0.3, 0.4) is 0 Å². The molecule has 2 atom stereocenters. The van der Waals surface area contributed by atoms with Crippen molar-refractivity contribution in [2.75, 3.05) is 32.8 Å². The summed E-state index contributed by atoms with van der Waals surface area (Å²) in [5.41, 5.74) is -0.0853. The number of piperazine rings is 1. The predicted molar refractivity (Wildman–Crippen MR) is 105 cm³/mol. The van der Waals surface area contributed by atoms with Crippen molar-refractivity contribution < 1.29 is 23.5 Å². The first-order valence-electron chi connectivity index (χ1n) is 10.1. The number of carbonyl (C=O) groups is 3. The molecule has 29 heavy (non-hydrogen) atoms. The average molecular weight is 405 g/mol. The van der Waals surface area contributed by atoms with Crippen LogP contribution in [0.15, 0.2) is 24.3 Å². The van der Waals surface area contributed by atoms with E-state index in [9.17, 15) is 18.8 Å². The zero-order valence-electron chi connectivity index (χ0n) is 16.9. The Balaban J connectivity index is 1.59. The Morgan fingerprint density at radius 3 is 2.34 bits per heavy atom. The van der Waals surface area contributed by atoms with Crippen LogP contribution in [0.1, 0.15) is 37.0 Å². The van der Waals surface area contributed by atoms with Crippen LogP contribution in [0.2, 0.25) is 0 Å². The van der Waals surface area contributed by atoms with Gasteiger partial charge in [-0.15, -0.1) is 0 Å². The van der Waals surface area contributed by atoms with Crippen LogP contribution in [-0.2, 0) is 14.3 Å². The summed E-state index contributed by atoms with van der Waals surface area (Å²) in [5.74, 6) is -1.62. The maximum absolute atomic E-state index is 13.9. The number of nitrogens with zero attached hydrogens (tertiary/aromatic N) is 2. The molecule has 2 aliphatic heterocycles. The molecule has 0 bridgehead atoms. The zero-order valence-corrected chi connectivity index (χ0v) is 16.9. The molecule has 2 fully saturated rings. The molecule has 1 N–H and O–H groups in total. The monoisotopic (exact) mass is 405 g/mol. The molecular weight excluding hydrogens is 377 g/mol. The Bertz CT molecular complexity index is 756. The second-order valence-electron chi connectivity index (χ2n) is 7.83. The molecule has 0 saturated carbocycles. The summed E-state index contributed by atoms with van der Waals surface area (Å²) in [6.45, 7) is 5.97. The molecule has 0 radical (unpaired) electrons. The molecule has 3 rings (SSSR count). The average Bonchev–Trinajstić information content (AvgIpc) is 3.26. The van der Waals surface area contributed by atoms with Crippen LogP contribution >= 0.6 is 0 Å². The largest absolute Gasteiger partial charge is 0.368 e. The number of hydrogen-bond acceptors (Lipinski definition) is 4. The van der Waals surface area contributed by atoms with Gasteiger partial charge < -0.3 is 19.9 Å². The molecule has 1 aromatic carbocycles. The van der Waals surface area contributed by atoms with Gasteiger partial charge in [0.25, 0.3) is 11.8 Å². The van der Waals surface area contributed by atoms with E-state index in [1.807, 2.05) is 13.8 Å². The summed E-state index contributed by atoms with van der Waals surface area (Å²) in [4.78, 5) is 41.3. The van der Waals surface area contributed by atoms with Gasteiger partial charge in [-0.25, -0.2) is 4.39 Å². The highest BCUT2D eigenvalue weighted by Crippen LogP contribution is 2.17. The van der Waals surface area contributed by atoms with Crippen molar-refractivity contribution in [1.29, 1.82) is 0 Å². The number of benzene rings is 1. The van der Waals surface area contributed by atoms with Crippen LogP contribution in [-0.4, -0.2) is 72.5 Å². The Kier molecular flexibility index (Phi) is 6.84. The highest BCUT2D eigenvalue weighted by molar-refractivity contribution is 5.97. The Hall–Kier alpha value is -2.48. The number of halogens is 1. The van der Waals surface area contributed by atoms with Crippen molar-refractivity contribution in [3.8, 4) is 0 Å². The van der Waals surface area contributed by atoms with E-state index in [-0.39, 0.29) is 29.4 Å². The fourth-order valence-electron chi connectivity index (χ4n) is 3.70. The quantitative estimate of drug-likeness (QED) is 0.804. The molecule has 0 spiro atoms. The molecule has 1 aromatic rings. The Labute approximate surface area is 170 Å². The summed E-state index contributed by atoms with van der Waals surface area (Å²) in [5, 5.41) is 2.68. The van der Waals surface area contributed by atoms with Gasteiger partial charge in [0.2, 0.25) is 5.91 Å². The standard InChI is InChI=1S/C21H28FN3O4/c1-14(2)18(23-19(26)15-6-3-4-7-16(15)22)21(28)25-11-9-24(10-12-25)20(27)17-8-5-13-29-17/h3-4,6-7,14,17-18H,5,8-13H2,1-2H3,(H,23,26). The summed E-state index contributed by atoms with van der Waals surface area (Å²) in [6, 6.07) is 4.93. The maximum atomic E-state index is 13.9. The molecule has 3 amide bonds. The molecule has 8 heteroatoms. The molecule has 0 aliphatic carbocycles. The first kappa shape index (κ1) is 21.2. The second kappa shape index (κ2) is 9.35. The highest BCUT2D eigenvalue weighted by atomic mass is 19.1. The lowest BCUT2D eigenvalue weighted by Crippen LogP contribution is -2.58. The van der Waals surface area contributed by atoms with Gasteiger partial charge in [-0.05, 0) is 30.9 Å². The van der Waals surface area contributed by atoms with E-state index in [0.717, 1.165) is 12.8 Å². The van der Waals surface area contributed by atoms with E-state index < -0.39 is 17.8 Å². The topological polar surface area (TPSA) is 79.0 Å². The number of rotatable bonds is 5. The predicted octanol–water partition coefficient (Wildman–Crippen LogP) is 1.43. The molecule has 7 nitrogen and oxygen atoms in total. The van der Waals surface area contributed by atoms with Crippen LogP contribution in [0, 0.1) is 11.7 Å². The van der Waals surface area contributed by atoms with Gasteiger partial charge in [0, 0.05) is 32.8 Å². The van der Waals surface area contributed by atoms with Gasteiger partial charge in [-0.2, -0.15) is 0 Å².